The fourth-order valence-electron chi connectivity index (χ4n) is 3.18. The van der Waals surface area contributed by atoms with Crippen LogP contribution in [0.1, 0.15) is 21.0 Å². The molecular weight excluding hydrogens is 346 g/mol. The van der Waals surface area contributed by atoms with Gasteiger partial charge in [-0.3, -0.25) is 4.79 Å². The van der Waals surface area contributed by atoms with Crippen LogP contribution in [0.2, 0.25) is 0 Å². The third-order valence-corrected chi connectivity index (χ3v) is 5.74. The first kappa shape index (κ1) is 18.9. The lowest BCUT2D eigenvalue weighted by atomic mass is 10.1. The maximum Gasteiger partial charge on any atom is 0.261 e. The summed E-state index contributed by atoms with van der Waals surface area (Å²) in [6.07, 6.45) is 0.988. The molecule has 2 heterocycles. The molecule has 5 nitrogen and oxygen atoms in total. The zero-order valence-corrected chi connectivity index (χ0v) is 16.3. The summed E-state index contributed by atoms with van der Waals surface area (Å²) >= 11 is 1.55. The van der Waals surface area contributed by atoms with E-state index in [0.717, 1.165) is 72.3 Å². The van der Waals surface area contributed by atoms with E-state index in [4.69, 9.17) is 4.74 Å². The number of carbonyl (C=O) groups is 1. The monoisotopic (exact) mass is 373 g/mol. The average Bonchev–Trinajstić information content (AvgIpc) is 3.08. The molecule has 3 rings (SSSR count). The number of aryl methyl sites for hydroxylation is 1. The third kappa shape index (κ3) is 4.84. The molecule has 6 heteroatoms. The number of thiophene rings is 1. The molecule has 2 aromatic rings. The summed E-state index contributed by atoms with van der Waals surface area (Å²) in [6.45, 7) is 8.15. The molecule has 0 bridgehead atoms. The highest BCUT2D eigenvalue weighted by atomic mass is 32.1. The van der Waals surface area contributed by atoms with Gasteiger partial charge in [-0.2, -0.15) is 0 Å². The predicted molar refractivity (Wildman–Crippen MR) is 107 cm³/mol. The van der Waals surface area contributed by atoms with Crippen molar-refractivity contribution in [2.45, 2.75) is 13.3 Å². The van der Waals surface area contributed by atoms with Crippen molar-refractivity contribution in [1.82, 2.24) is 15.5 Å². The maximum atomic E-state index is 12.4. The van der Waals surface area contributed by atoms with Gasteiger partial charge in [0, 0.05) is 37.6 Å². The summed E-state index contributed by atoms with van der Waals surface area (Å²) in [5.74, 6) is 0.863. The number of benzene rings is 1. The molecule has 0 radical (unpaired) electrons. The van der Waals surface area contributed by atoms with Crippen LogP contribution in [0, 0.1) is 6.92 Å². The highest BCUT2D eigenvalue weighted by Crippen LogP contribution is 2.31. The Kier molecular flexibility index (Phi) is 6.66. The van der Waals surface area contributed by atoms with Gasteiger partial charge in [0.25, 0.3) is 5.91 Å². The van der Waals surface area contributed by atoms with Crippen LogP contribution in [0.5, 0.6) is 5.75 Å². The number of ether oxygens (including phenoxy) is 1. The van der Waals surface area contributed by atoms with Crippen LogP contribution in [0.25, 0.3) is 11.1 Å². The normalized spacial score (nSPS) is 15.0. The molecule has 0 spiro atoms. The second-order valence-corrected chi connectivity index (χ2v) is 7.77. The Labute approximate surface area is 159 Å². The molecule has 1 fully saturated rings. The van der Waals surface area contributed by atoms with Gasteiger partial charge in [0.05, 0.1) is 12.0 Å². The van der Waals surface area contributed by atoms with Crippen LogP contribution in [-0.2, 0) is 0 Å². The van der Waals surface area contributed by atoms with E-state index in [2.05, 4.69) is 22.5 Å². The Hall–Kier alpha value is -1.89. The first-order chi connectivity index (χ1) is 12.7. The molecule has 1 aromatic heterocycles. The fraction of sp³-hybridized carbons (Fsp3) is 0.450. The van der Waals surface area contributed by atoms with Gasteiger partial charge in [-0.1, -0.05) is 12.1 Å². The van der Waals surface area contributed by atoms with Crippen LogP contribution in [0.15, 0.2) is 30.3 Å². The van der Waals surface area contributed by atoms with E-state index in [1.54, 1.807) is 18.4 Å². The molecule has 0 atom stereocenters. The molecule has 0 unspecified atom stereocenters. The van der Waals surface area contributed by atoms with E-state index < -0.39 is 0 Å². The van der Waals surface area contributed by atoms with Crippen molar-refractivity contribution in [3.63, 3.8) is 0 Å². The van der Waals surface area contributed by atoms with Gasteiger partial charge in [0.15, 0.2) is 0 Å². The number of piperazine rings is 1. The van der Waals surface area contributed by atoms with E-state index >= 15 is 0 Å². The topological polar surface area (TPSA) is 53.6 Å². The van der Waals surface area contributed by atoms with Crippen molar-refractivity contribution < 1.29 is 9.53 Å². The second-order valence-electron chi connectivity index (χ2n) is 6.51. The molecule has 0 saturated carbocycles. The van der Waals surface area contributed by atoms with Gasteiger partial charge in [0.1, 0.15) is 5.75 Å². The van der Waals surface area contributed by atoms with Gasteiger partial charge in [0.2, 0.25) is 0 Å². The van der Waals surface area contributed by atoms with E-state index in [9.17, 15) is 4.79 Å². The van der Waals surface area contributed by atoms with Crippen molar-refractivity contribution in [2.75, 3.05) is 46.4 Å². The smallest absolute Gasteiger partial charge is 0.261 e. The molecule has 0 aliphatic carbocycles. The Bertz CT molecular complexity index is 721. The number of amides is 1. The van der Waals surface area contributed by atoms with Crippen LogP contribution in [0.4, 0.5) is 0 Å². The standard InChI is InChI=1S/C20H27N3O2S/c1-15-18(16-4-6-17(25-2)7-5-16)14-19(26-15)20(24)22-8-3-11-23-12-9-21-10-13-23/h4-7,14,21H,3,8-13H2,1-2H3,(H,22,24). The van der Waals surface area contributed by atoms with Gasteiger partial charge in [-0.15, -0.1) is 11.3 Å². The third-order valence-electron chi connectivity index (χ3n) is 4.69. The second kappa shape index (κ2) is 9.16. The average molecular weight is 374 g/mol. The maximum absolute atomic E-state index is 12.4. The van der Waals surface area contributed by atoms with Gasteiger partial charge >= 0.3 is 0 Å². The predicted octanol–water partition coefficient (Wildman–Crippen LogP) is 2.76. The molecule has 140 valence electrons. The number of nitrogens with zero attached hydrogens (tertiary/aromatic N) is 1. The van der Waals surface area contributed by atoms with Crippen molar-refractivity contribution >= 4 is 17.2 Å². The quantitative estimate of drug-likeness (QED) is 0.733. The fourth-order valence-corrected chi connectivity index (χ4v) is 4.14. The Morgan fingerprint density at radius 3 is 2.69 bits per heavy atom. The van der Waals surface area contributed by atoms with Crippen LogP contribution < -0.4 is 15.4 Å². The summed E-state index contributed by atoms with van der Waals surface area (Å²) in [4.78, 5) is 16.8. The molecule has 1 saturated heterocycles. The van der Waals surface area contributed by atoms with Gasteiger partial charge in [-0.25, -0.2) is 0 Å². The Morgan fingerprint density at radius 2 is 2.00 bits per heavy atom. The number of nitrogens with one attached hydrogen (secondary N) is 2. The lowest BCUT2D eigenvalue weighted by molar-refractivity contribution is 0.0955. The summed E-state index contributed by atoms with van der Waals surface area (Å²) < 4.78 is 5.21. The minimum Gasteiger partial charge on any atom is -0.497 e. The van der Waals surface area contributed by atoms with Crippen LogP contribution >= 0.6 is 11.3 Å². The minimum atomic E-state index is 0.0261. The highest BCUT2D eigenvalue weighted by Gasteiger charge is 2.14. The van der Waals surface area contributed by atoms with E-state index in [1.165, 1.54) is 0 Å². The summed E-state index contributed by atoms with van der Waals surface area (Å²) in [6, 6.07) is 9.95. The SMILES string of the molecule is COc1ccc(-c2cc(C(=O)NCCCN3CCNCC3)sc2C)cc1. The lowest BCUT2D eigenvalue weighted by Crippen LogP contribution is -2.44. The van der Waals surface area contributed by atoms with Gasteiger partial charge < -0.3 is 20.3 Å². The molecule has 1 aliphatic rings. The first-order valence-corrected chi connectivity index (χ1v) is 9.95. The molecule has 26 heavy (non-hydrogen) atoms. The lowest BCUT2D eigenvalue weighted by Gasteiger charge is -2.27. The number of hydrogen-bond acceptors (Lipinski definition) is 5. The van der Waals surface area contributed by atoms with Crippen molar-refractivity contribution in [1.29, 1.82) is 0 Å². The molecule has 1 aliphatic heterocycles. The summed E-state index contributed by atoms with van der Waals surface area (Å²) in [5, 5.41) is 6.41. The summed E-state index contributed by atoms with van der Waals surface area (Å²) in [7, 11) is 1.66. The van der Waals surface area contributed by atoms with Gasteiger partial charge in [-0.05, 0) is 49.2 Å². The zero-order valence-electron chi connectivity index (χ0n) is 15.5. The molecule has 1 aromatic carbocycles. The number of carbonyl (C=O) groups excluding carboxylic acids is 1. The van der Waals surface area contributed by atoms with Crippen LogP contribution in [0.3, 0.4) is 0 Å². The van der Waals surface area contributed by atoms with Crippen molar-refractivity contribution in [3.05, 3.63) is 40.1 Å². The number of hydrogen-bond donors (Lipinski definition) is 2. The van der Waals surface area contributed by atoms with E-state index in [-0.39, 0.29) is 5.91 Å². The Morgan fingerprint density at radius 1 is 1.27 bits per heavy atom. The molecule has 1 amide bonds. The zero-order chi connectivity index (χ0) is 18.4. The first-order valence-electron chi connectivity index (χ1n) is 9.13. The molecular formula is C20H27N3O2S. The number of methoxy groups -OCH3 is 1. The van der Waals surface area contributed by atoms with Crippen LogP contribution in [-0.4, -0.2) is 57.2 Å². The highest BCUT2D eigenvalue weighted by molar-refractivity contribution is 7.14. The van der Waals surface area contributed by atoms with Crippen molar-refractivity contribution in [3.8, 4) is 16.9 Å². The van der Waals surface area contributed by atoms with Crippen molar-refractivity contribution in [2.24, 2.45) is 0 Å². The summed E-state index contributed by atoms with van der Waals surface area (Å²) in [5.41, 5.74) is 2.22. The molecule has 2 N–H and O–H groups in total. The Balaban J connectivity index is 1.52. The number of rotatable bonds is 7. The minimum absolute atomic E-state index is 0.0261. The van der Waals surface area contributed by atoms with E-state index in [1.807, 2.05) is 30.3 Å². The van der Waals surface area contributed by atoms with E-state index in [0.29, 0.717) is 0 Å². The largest absolute Gasteiger partial charge is 0.497 e.